The third kappa shape index (κ3) is 2.82. The molecule has 2 rings (SSSR count). The molecule has 2 aromatic rings. The van der Waals surface area contributed by atoms with Crippen LogP contribution in [-0.4, -0.2) is 0 Å². The van der Waals surface area contributed by atoms with Crippen LogP contribution in [0.4, 0.5) is 4.39 Å². The van der Waals surface area contributed by atoms with E-state index in [1.165, 1.54) is 11.6 Å². The molecule has 0 bridgehead atoms. The highest BCUT2D eigenvalue weighted by Gasteiger charge is 2.17. The molecule has 2 heteroatoms. The lowest BCUT2D eigenvalue weighted by atomic mass is 9.93. The van der Waals surface area contributed by atoms with E-state index in [-0.39, 0.29) is 11.2 Å². The Morgan fingerprint density at radius 1 is 0.895 bits per heavy atom. The monoisotopic (exact) mass is 276 g/mol. The summed E-state index contributed by atoms with van der Waals surface area (Å²) in [5.41, 5.74) is 6.05. The molecule has 19 heavy (non-hydrogen) atoms. The fraction of sp³-hybridized carbons (Fsp3) is 0.294. The zero-order chi connectivity index (χ0) is 14.2. The number of hydrogen-bond donors (Lipinski definition) is 0. The molecule has 1 unspecified atom stereocenters. The van der Waals surface area contributed by atoms with Gasteiger partial charge in [0.2, 0.25) is 0 Å². The second-order valence-corrected chi connectivity index (χ2v) is 5.62. The SMILES string of the molecule is Cc1cc(C)c(C(Cl)c2ccc(C)c(F)c2)c(C)c1. The van der Waals surface area contributed by atoms with Crippen LogP contribution >= 0.6 is 11.6 Å². The molecular formula is C17H18ClF. The van der Waals surface area contributed by atoms with Gasteiger partial charge < -0.3 is 0 Å². The van der Waals surface area contributed by atoms with Crippen molar-refractivity contribution in [2.45, 2.75) is 33.1 Å². The van der Waals surface area contributed by atoms with Crippen LogP contribution < -0.4 is 0 Å². The highest BCUT2D eigenvalue weighted by atomic mass is 35.5. The van der Waals surface area contributed by atoms with Crippen LogP contribution in [0.5, 0.6) is 0 Å². The Labute approximate surface area is 119 Å². The summed E-state index contributed by atoms with van der Waals surface area (Å²) < 4.78 is 13.7. The van der Waals surface area contributed by atoms with Gasteiger partial charge in [0, 0.05) is 0 Å². The van der Waals surface area contributed by atoms with Crippen LogP contribution in [0.15, 0.2) is 30.3 Å². The zero-order valence-corrected chi connectivity index (χ0v) is 12.5. The lowest BCUT2D eigenvalue weighted by molar-refractivity contribution is 0.616. The van der Waals surface area contributed by atoms with Gasteiger partial charge in [-0.3, -0.25) is 0 Å². The number of aryl methyl sites for hydroxylation is 4. The Morgan fingerprint density at radius 2 is 1.47 bits per heavy atom. The van der Waals surface area contributed by atoms with Crippen molar-refractivity contribution in [2.24, 2.45) is 0 Å². The summed E-state index contributed by atoms with van der Waals surface area (Å²) in [7, 11) is 0. The molecule has 0 aliphatic heterocycles. The lowest BCUT2D eigenvalue weighted by Crippen LogP contribution is -2.01. The smallest absolute Gasteiger partial charge is 0.126 e. The lowest BCUT2D eigenvalue weighted by Gasteiger charge is -2.17. The average Bonchev–Trinajstić information content (AvgIpc) is 2.31. The number of benzene rings is 2. The average molecular weight is 277 g/mol. The van der Waals surface area contributed by atoms with Gasteiger partial charge in [0.15, 0.2) is 0 Å². The quantitative estimate of drug-likeness (QED) is 0.645. The Balaban J connectivity index is 2.49. The molecule has 0 fully saturated rings. The van der Waals surface area contributed by atoms with Gasteiger partial charge in [0.25, 0.3) is 0 Å². The fourth-order valence-corrected chi connectivity index (χ4v) is 3.00. The summed E-state index contributed by atoms with van der Waals surface area (Å²) in [4.78, 5) is 0. The standard InChI is InChI=1S/C17H18ClF/c1-10-7-12(3)16(13(4)8-10)17(18)14-6-5-11(2)15(19)9-14/h5-9,17H,1-4H3. The van der Waals surface area contributed by atoms with E-state index in [1.54, 1.807) is 13.0 Å². The molecule has 2 aromatic carbocycles. The molecule has 0 aliphatic carbocycles. The highest BCUT2D eigenvalue weighted by Crippen LogP contribution is 2.34. The van der Waals surface area contributed by atoms with Gasteiger partial charge in [0.05, 0.1) is 5.38 Å². The van der Waals surface area contributed by atoms with Crippen molar-refractivity contribution >= 4 is 11.6 Å². The van der Waals surface area contributed by atoms with E-state index < -0.39 is 0 Å². The molecule has 0 amide bonds. The molecule has 0 radical (unpaired) electrons. The van der Waals surface area contributed by atoms with Crippen molar-refractivity contribution in [2.75, 3.05) is 0 Å². The van der Waals surface area contributed by atoms with Gasteiger partial charge >= 0.3 is 0 Å². The Morgan fingerprint density at radius 3 is 2.00 bits per heavy atom. The van der Waals surface area contributed by atoms with Gasteiger partial charge in [-0.1, -0.05) is 29.8 Å². The van der Waals surface area contributed by atoms with Gasteiger partial charge in [0.1, 0.15) is 5.82 Å². The second-order valence-electron chi connectivity index (χ2n) is 5.18. The summed E-state index contributed by atoms with van der Waals surface area (Å²) in [5.74, 6) is -0.203. The van der Waals surface area contributed by atoms with Crippen molar-refractivity contribution in [1.82, 2.24) is 0 Å². The molecule has 1 atom stereocenters. The van der Waals surface area contributed by atoms with Crippen LogP contribution in [0.1, 0.15) is 38.8 Å². The summed E-state index contributed by atoms with van der Waals surface area (Å²) in [6.45, 7) is 7.92. The molecule has 0 heterocycles. The van der Waals surface area contributed by atoms with Crippen LogP contribution in [-0.2, 0) is 0 Å². The van der Waals surface area contributed by atoms with Crippen molar-refractivity contribution in [3.8, 4) is 0 Å². The van der Waals surface area contributed by atoms with Crippen LogP contribution in [0, 0.1) is 33.5 Å². The first-order valence-electron chi connectivity index (χ1n) is 6.38. The van der Waals surface area contributed by atoms with E-state index in [9.17, 15) is 4.39 Å². The maximum Gasteiger partial charge on any atom is 0.126 e. The first kappa shape index (κ1) is 14.1. The molecule has 0 spiro atoms. The first-order valence-corrected chi connectivity index (χ1v) is 6.81. The number of alkyl halides is 1. The number of rotatable bonds is 2. The summed E-state index contributed by atoms with van der Waals surface area (Å²) in [6, 6.07) is 9.43. The van der Waals surface area contributed by atoms with Crippen molar-refractivity contribution in [1.29, 1.82) is 0 Å². The molecule has 0 saturated carbocycles. The van der Waals surface area contributed by atoms with E-state index in [0.717, 1.165) is 22.3 Å². The maximum atomic E-state index is 13.7. The summed E-state index contributed by atoms with van der Waals surface area (Å²) >= 11 is 6.55. The number of hydrogen-bond acceptors (Lipinski definition) is 0. The predicted octanol–water partition coefficient (Wildman–Crippen LogP) is 5.39. The van der Waals surface area contributed by atoms with E-state index in [1.807, 2.05) is 6.07 Å². The molecule has 100 valence electrons. The molecular weight excluding hydrogens is 259 g/mol. The first-order chi connectivity index (χ1) is 8.90. The van der Waals surface area contributed by atoms with Gasteiger partial charge in [-0.05, 0) is 61.6 Å². The van der Waals surface area contributed by atoms with Gasteiger partial charge in [-0.25, -0.2) is 4.39 Å². The summed E-state index contributed by atoms with van der Waals surface area (Å²) in [5, 5.41) is -0.310. The Kier molecular flexibility index (Phi) is 3.96. The molecule has 0 nitrogen and oxygen atoms in total. The third-order valence-corrected chi connectivity index (χ3v) is 3.95. The largest absolute Gasteiger partial charge is 0.207 e. The number of halogens is 2. The highest BCUT2D eigenvalue weighted by molar-refractivity contribution is 6.22. The third-order valence-electron chi connectivity index (χ3n) is 3.48. The zero-order valence-electron chi connectivity index (χ0n) is 11.7. The van der Waals surface area contributed by atoms with E-state index in [2.05, 4.69) is 32.9 Å². The van der Waals surface area contributed by atoms with Crippen molar-refractivity contribution in [3.05, 3.63) is 69.5 Å². The van der Waals surface area contributed by atoms with Crippen molar-refractivity contribution < 1.29 is 4.39 Å². The van der Waals surface area contributed by atoms with E-state index >= 15 is 0 Å². The predicted molar refractivity (Wildman–Crippen MR) is 79.5 cm³/mol. The fourth-order valence-electron chi connectivity index (χ4n) is 2.52. The van der Waals surface area contributed by atoms with Crippen LogP contribution in [0.2, 0.25) is 0 Å². The topological polar surface area (TPSA) is 0 Å². The molecule has 0 aliphatic rings. The van der Waals surface area contributed by atoms with E-state index in [4.69, 9.17) is 11.6 Å². The Hall–Kier alpha value is -1.34. The maximum absolute atomic E-state index is 13.7. The molecule has 0 saturated heterocycles. The van der Waals surface area contributed by atoms with Gasteiger partial charge in [-0.2, -0.15) is 0 Å². The van der Waals surface area contributed by atoms with Crippen LogP contribution in [0.25, 0.3) is 0 Å². The van der Waals surface area contributed by atoms with Crippen LogP contribution in [0.3, 0.4) is 0 Å². The minimum atomic E-state index is -0.310. The molecule has 0 N–H and O–H groups in total. The normalized spacial score (nSPS) is 12.5. The summed E-state index contributed by atoms with van der Waals surface area (Å²) in [6.07, 6.45) is 0. The minimum absolute atomic E-state index is 0.203. The van der Waals surface area contributed by atoms with E-state index in [0.29, 0.717) is 5.56 Å². The van der Waals surface area contributed by atoms with Gasteiger partial charge in [-0.15, -0.1) is 11.6 Å². The van der Waals surface area contributed by atoms with Crippen molar-refractivity contribution in [3.63, 3.8) is 0 Å². The second kappa shape index (κ2) is 5.34. The Bertz CT molecular complexity index is 594. The minimum Gasteiger partial charge on any atom is -0.207 e. The molecule has 0 aromatic heterocycles.